The van der Waals surface area contributed by atoms with Gasteiger partial charge in [0.25, 0.3) is 5.69 Å². The number of hydrogen-bond acceptors (Lipinski definition) is 6. The van der Waals surface area contributed by atoms with Crippen LogP contribution >= 0.6 is 15.9 Å². The van der Waals surface area contributed by atoms with Crippen molar-refractivity contribution < 1.29 is 14.5 Å². The van der Waals surface area contributed by atoms with Crippen LogP contribution in [-0.4, -0.2) is 29.3 Å². The van der Waals surface area contributed by atoms with Crippen molar-refractivity contribution in [3.05, 3.63) is 50.5 Å². The number of halogens is 1. The molecule has 0 bridgehead atoms. The van der Waals surface area contributed by atoms with E-state index >= 15 is 0 Å². The van der Waals surface area contributed by atoms with E-state index in [1.165, 1.54) is 6.07 Å². The molecule has 8 heteroatoms. The molecular formula is C18H20BrN3O4. The van der Waals surface area contributed by atoms with Crippen molar-refractivity contribution in [2.75, 3.05) is 12.3 Å². The summed E-state index contributed by atoms with van der Waals surface area (Å²) in [5.74, 6) is -1.12. The van der Waals surface area contributed by atoms with Crippen LogP contribution in [0.25, 0.3) is 6.08 Å². The number of esters is 1. The molecule has 2 atom stereocenters. The molecular weight excluding hydrogens is 402 g/mol. The second-order valence-electron chi connectivity index (χ2n) is 6.02. The first-order valence-electron chi connectivity index (χ1n) is 8.02. The number of benzene rings is 1. The van der Waals surface area contributed by atoms with Gasteiger partial charge in [0, 0.05) is 16.8 Å². The average molecular weight is 422 g/mol. The molecule has 26 heavy (non-hydrogen) atoms. The number of anilines is 1. The zero-order chi connectivity index (χ0) is 19.5. The number of rotatable bonds is 7. The molecule has 0 radical (unpaired) electrons. The minimum absolute atomic E-state index is 0.0111. The van der Waals surface area contributed by atoms with Crippen molar-refractivity contribution in [2.45, 2.75) is 25.8 Å². The Morgan fingerprint density at radius 1 is 1.62 bits per heavy atom. The number of nitro benzene ring substituents is 1. The number of nitrogens with two attached hydrogens (primary N) is 1. The smallest absolute Gasteiger partial charge is 0.312 e. The fourth-order valence-electron chi connectivity index (χ4n) is 2.98. The van der Waals surface area contributed by atoms with Crippen LogP contribution in [0.4, 0.5) is 11.4 Å². The predicted octanol–water partition coefficient (Wildman–Crippen LogP) is 3.70. The maximum Gasteiger partial charge on any atom is 0.312 e. The van der Waals surface area contributed by atoms with Crippen LogP contribution in [0.2, 0.25) is 0 Å². The number of allylic oxidation sites excluding steroid dienone is 1. The molecule has 1 aliphatic rings. The zero-order valence-electron chi connectivity index (χ0n) is 14.6. The third-order valence-electron chi connectivity index (χ3n) is 4.41. The van der Waals surface area contributed by atoms with Gasteiger partial charge in [0.05, 0.1) is 23.0 Å². The van der Waals surface area contributed by atoms with E-state index in [0.717, 1.165) is 0 Å². The first kappa shape index (κ1) is 19.8. The van der Waals surface area contributed by atoms with E-state index in [1.807, 2.05) is 13.0 Å². The Balaban J connectivity index is 2.59. The van der Waals surface area contributed by atoms with E-state index < -0.39 is 22.3 Å². The quantitative estimate of drug-likeness (QED) is 0.312. The molecule has 7 nitrogen and oxygen atoms in total. The second kappa shape index (κ2) is 7.82. The van der Waals surface area contributed by atoms with Gasteiger partial charge >= 0.3 is 5.97 Å². The number of nitrogen functional groups attached to an aromatic ring is 1. The number of aliphatic imine (C=N–C) groups is 1. The molecule has 2 rings (SSSR count). The molecule has 0 amide bonds. The Labute approximate surface area is 159 Å². The standard InChI is InChI=1S/C18H20BrN3O4/c1-4-11-12(16(20)15(22(24)25)10-14(11)19)9-13(17(23)26-5-2)18(3)7-6-8-21-18/h4,6-8,10,13H,1,5,9,20H2,2-3H3. The molecule has 1 aromatic carbocycles. The van der Waals surface area contributed by atoms with Crippen molar-refractivity contribution in [2.24, 2.45) is 10.9 Å². The normalized spacial score (nSPS) is 19.3. The summed E-state index contributed by atoms with van der Waals surface area (Å²) in [6, 6.07) is 1.34. The van der Waals surface area contributed by atoms with Crippen molar-refractivity contribution >= 4 is 45.6 Å². The number of carbonyl (C=O) groups is 1. The lowest BCUT2D eigenvalue weighted by Gasteiger charge is -2.29. The Morgan fingerprint density at radius 2 is 2.31 bits per heavy atom. The summed E-state index contributed by atoms with van der Waals surface area (Å²) in [5.41, 5.74) is 6.13. The second-order valence-corrected chi connectivity index (χ2v) is 6.87. The van der Waals surface area contributed by atoms with Crippen LogP contribution < -0.4 is 5.73 Å². The van der Waals surface area contributed by atoms with Gasteiger partial charge in [-0.1, -0.05) is 18.7 Å². The van der Waals surface area contributed by atoms with Crippen LogP contribution in [0, 0.1) is 16.0 Å². The Kier molecular flexibility index (Phi) is 5.97. The van der Waals surface area contributed by atoms with Gasteiger partial charge in [-0.25, -0.2) is 0 Å². The van der Waals surface area contributed by atoms with Crippen LogP contribution in [0.15, 0.2) is 34.3 Å². The lowest BCUT2D eigenvalue weighted by molar-refractivity contribution is -0.384. The minimum atomic E-state index is -0.811. The van der Waals surface area contributed by atoms with E-state index in [0.29, 0.717) is 15.6 Å². The molecule has 1 heterocycles. The Hall–Kier alpha value is -2.48. The largest absolute Gasteiger partial charge is 0.466 e. The van der Waals surface area contributed by atoms with Gasteiger partial charge in [-0.15, -0.1) is 0 Å². The molecule has 2 unspecified atom stereocenters. The van der Waals surface area contributed by atoms with Gasteiger partial charge in [0.1, 0.15) is 5.69 Å². The summed E-state index contributed by atoms with van der Waals surface area (Å²) in [7, 11) is 0. The molecule has 0 saturated heterocycles. The molecule has 2 N–H and O–H groups in total. The fourth-order valence-corrected chi connectivity index (χ4v) is 3.60. The molecule has 0 fully saturated rings. The van der Waals surface area contributed by atoms with Crippen molar-refractivity contribution in [3.8, 4) is 0 Å². The van der Waals surface area contributed by atoms with Gasteiger partial charge < -0.3 is 10.5 Å². The van der Waals surface area contributed by atoms with Gasteiger partial charge in [0.15, 0.2) is 0 Å². The van der Waals surface area contributed by atoms with E-state index in [9.17, 15) is 14.9 Å². The molecule has 0 spiro atoms. The molecule has 1 aromatic rings. The number of carbonyl (C=O) groups excluding carboxylic acids is 1. The first-order chi connectivity index (χ1) is 12.2. The highest BCUT2D eigenvalue weighted by Crippen LogP contribution is 2.39. The Bertz CT molecular complexity index is 805. The monoisotopic (exact) mass is 421 g/mol. The highest BCUT2D eigenvalue weighted by atomic mass is 79.9. The van der Waals surface area contributed by atoms with Crippen LogP contribution in [0.5, 0.6) is 0 Å². The average Bonchev–Trinajstić information content (AvgIpc) is 3.02. The fraction of sp³-hybridized carbons (Fsp3) is 0.333. The van der Waals surface area contributed by atoms with E-state index in [1.54, 1.807) is 25.3 Å². The molecule has 0 aliphatic carbocycles. The highest BCUT2D eigenvalue weighted by Gasteiger charge is 2.40. The van der Waals surface area contributed by atoms with E-state index in [4.69, 9.17) is 10.5 Å². The molecule has 138 valence electrons. The number of nitro groups is 1. The topological polar surface area (TPSA) is 108 Å². The van der Waals surface area contributed by atoms with Gasteiger partial charge in [-0.3, -0.25) is 19.9 Å². The summed E-state index contributed by atoms with van der Waals surface area (Å²) < 4.78 is 5.70. The van der Waals surface area contributed by atoms with Crippen molar-refractivity contribution in [1.82, 2.24) is 0 Å². The third kappa shape index (κ3) is 3.70. The summed E-state index contributed by atoms with van der Waals surface area (Å²) >= 11 is 3.32. The lowest BCUT2D eigenvalue weighted by Crippen LogP contribution is -2.38. The Morgan fingerprint density at radius 3 is 2.81 bits per heavy atom. The maximum atomic E-state index is 12.6. The number of nitrogens with zero attached hydrogens (tertiary/aromatic N) is 2. The molecule has 1 aliphatic heterocycles. The van der Waals surface area contributed by atoms with Gasteiger partial charge in [-0.2, -0.15) is 0 Å². The summed E-state index contributed by atoms with van der Waals surface area (Å²) in [6.07, 6.45) is 6.87. The highest BCUT2D eigenvalue weighted by molar-refractivity contribution is 9.10. The molecule has 0 saturated carbocycles. The first-order valence-corrected chi connectivity index (χ1v) is 8.81. The molecule has 0 aromatic heterocycles. The third-order valence-corrected chi connectivity index (χ3v) is 5.06. The predicted molar refractivity (Wildman–Crippen MR) is 105 cm³/mol. The summed E-state index contributed by atoms with van der Waals surface area (Å²) in [4.78, 5) is 27.8. The van der Waals surface area contributed by atoms with E-state index in [2.05, 4.69) is 27.5 Å². The lowest BCUT2D eigenvalue weighted by atomic mass is 9.80. The van der Waals surface area contributed by atoms with Gasteiger partial charge in [0.2, 0.25) is 0 Å². The van der Waals surface area contributed by atoms with Crippen LogP contribution in [0.1, 0.15) is 25.0 Å². The van der Waals surface area contributed by atoms with Crippen molar-refractivity contribution in [1.29, 1.82) is 0 Å². The SMILES string of the molecule is C=Cc1c(Br)cc([N+](=O)[O-])c(N)c1CC(C(=O)OCC)C1(C)C=CC=N1. The summed E-state index contributed by atoms with van der Waals surface area (Å²) in [6.45, 7) is 7.51. The van der Waals surface area contributed by atoms with E-state index in [-0.39, 0.29) is 24.4 Å². The zero-order valence-corrected chi connectivity index (χ0v) is 16.2. The van der Waals surface area contributed by atoms with Crippen LogP contribution in [-0.2, 0) is 16.0 Å². The van der Waals surface area contributed by atoms with Gasteiger partial charge in [-0.05, 0) is 53.4 Å². The van der Waals surface area contributed by atoms with Crippen LogP contribution in [0.3, 0.4) is 0 Å². The number of hydrogen-bond donors (Lipinski definition) is 1. The summed E-state index contributed by atoms with van der Waals surface area (Å²) in [5, 5.41) is 11.3. The van der Waals surface area contributed by atoms with Crippen molar-refractivity contribution in [3.63, 3.8) is 0 Å². The number of ether oxygens (including phenoxy) is 1. The maximum absolute atomic E-state index is 12.6. The minimum Gasteiger partial charge on any atom is -0.466 e.